The van der Waals surface area contributed by atoms with Gasteiger partial charge in [-0.1, -0.05) is 28.6 Å². The average Bonchev–Trinajstić information content (AvgIpc) is 3.11. The van der Waals surface area contributed by atoms with Gasteiger partial charge in [0.15, 0.2) is 0 Å². The molecular weight excluding hydrogens is 453 g/mol. The van der Waals surface area contributed by atoms with Crippen molar-refractivity contribution in [1.82, 2.24) is 15.3 Å². The van der Waals surface area contributed by atoms with Crippen LogP contribution in [0.25, 0.3) is 10.9 Å². The van der Waals surface area contributed by atoms with Crippen molar-refractivity contribution in [2.45, 2.75) is 25.6 Å². The SMILES string of the molecule is CC(=O)On1ncc2c(NC(=O)NC3CCOc4c3ccc(C(F)(F)F)c4Cl)cccc21. The molecule has 0 radical (unpaired) electrons. The maximum atomic E-state index is 13.1. The smallest absolute Gasteiger partial charge is 0.417 e. The predicted molar refractivity (Wildman–Crippen MR) is 108 cm³/mol. The lowest BCUT2D eigenvalue weighted by Gasteiger charge is -2.28. The van der Waals surface area contributed by atoms with Crippen LogP contribution in [-0.4, -0.2) is 28.6 Å². The minimum atomic E-state index is -4.62. The first-order chi connectivity index (χ1) is 15.1. The first kappa shape index (κ1) is 21.8. The first-order valence-electron chi connectivity index (χ1n) is 9.40. The highest BCUT2D eigenvalue weighted by Gasteiger charge is 2.37. The third kappa shape index (κ3) is 4.15. The molecule has 0 aliphatic carbocycles. The molecule has 2 aromatic carbocycles. The van der Waals surface area contributed by atoms with Gasteiger partial charge < -0.3 is 20.2 Å². The standard InChI is InChI=1S/C20H16ClF3N4O4/c1-10(29)32-28-16-4-2-3-14(12(16)9-25-28)26-19(30)27-15-7-8-31-18-11(15)5-6-13(17(18)21)20(22,23)24/h2-6,9,15H,7-8H2,1H3,(H2,26,27,30). The second-order valence-corrected chi connectivity index (χ2v) is 7.35. The van der Waals surface area contributed by atoms with Crippen molar-refractivity contribution in [3.05, 3.63) is 52.7 Å². The Morgan fingerprint density at radius 3 is 2.78 bits per heavy atom. The van der Waals surface area contributed by atoms with Crippen LogP contribution in [0.5, 0.6) is 5.75 Å². The molecule has 0 saturated heterocycles. The minimum Gasteiger partial charge on any atom is -0.492 e. The second-order valence-electron chi connectivity index (χ2n) is 6.97. The lowest BCUT2D eigenvalue weighted by atomic mass is 9.98. The van der Waals surface area contributed by atoms with Crippen molar-refractivity contribution >= 4 is 40.2 Å². The Hall–Kier alpha value is -3.47. The van der Waals surface area contributed by atoms with E-state index in [1.807, 2.05) is 0 Å². The number of halogens is 4. The second kappa shape index (κ2) is 8.23. The molecule has 2 N–H and O–H groups in total. The molecule has 168 valence electrons. The molecule has 1 atom stereocenters. The van der Waals surface area contributed by atoms with Crippen LogP contribution in [0.2, 0.25) is 5.02 Å². The lowest BCUT2D eigenvalue weighted by molar-refractivity contribution is -0.142. The molecule has 3 aromatic rings. The van der Waals surface area contributed by atoms with Gasteiger partial charge in [0.25, 0.3) is 0 Å². The van der Waals surface area contributed by atoms with E-state index < -0.39 is 34.8 Å². The number of hydrogen-bond donors (Lipinski definition) is 2. The first-order valence-corrected chi connectivity index (χ1v) is 9.78. The Morgan fingerprint density at radius 2 is 2.06 bits per heavy atom. The van der Waals surface area contributed by atoms with Gasteiger partial charge in [-0.05, 0) is 18.2 Å². The number of aromatic nitrogens is 2. The van der Waals surface area contributed by atoms with Crippen LogP contribution in [-0.2, 0) is 11.0 Å². The maximum absolute atomic E-state index is 13.1. The fraction of sp³-hybridized carbons (Fsp3) is 0.250. The fourth-order valence-electron chi connectivity index (χ4n) is 3.44. The zero-order chi connectivity index (χ0) is 23.0. The van der Waals surface area contributed by atoms with Crippen LogP contribution >= 0.6 is 11.6 Å². The molecular formula is C20H16ClF3N4O4. The average molecular weight is 469 g/mol. The van der Waals surface area contributed by atoms with E-state index in [-0.39, 0.29) is 12.4 Å². The van der Waals surface area contributed by atoms with Crippen LogP contribution in [0.1, 0.15) is 30.5 Å². The number of urea groups is 1. The van der Waals surface area contributed by atoms with E-state index in [9.17, 15) is 22.8 Å². The zero-order valence-electron chi connectivity index (χ0n) is 16.5. The summed E-state index contributed by atoms with van der Waals surface area (Å²) >= 11 is 5.93. The van der Waals surface area contributed by atoms with Gasteiger partial charge in [0.2, 0.25) is 0 Å². The topological polar surface area (TPSA) is 94.5 Å². The number of nitrogens with one attached hydrogen (secondary N) is 2. The number of carbonyl (C=O) groups is 2. The number of anilines is 1. The number of amides is 2. The molecule has 2 heterocycles. The number of alkyl halides is 3. The van der Waals surface area contributed by atoms with Crippen LogP contribution in [0.3, 0.4) is 0 Å². The number of nitrogens with zero attached hydrogens (tertiary/aromatic N) is 2. The molecule has 0 fully saturated rings. The van der Waals surface area contributed by atoms with Crippen LogP contribution < -0.4 is 20.2 Å². The number of benzene rings is 2. The van der Waals surface area contributed by atoms with Crippen molar-refractivity contribution in [3.63, 3.8) is 0 Å². The molecule has 12 heteroatoms. The summed E-state index contributed by atoms with van der Waals surface area (Å²) in [7, 11) is 0. The Bertz CT molecular complexity index is 1210. The normalized spacial score (nSPS) is 15.6. The zero-order valence-corrected chi connectivity index (χ0v) is 17.3. The summed E-state index contributed by atoms with van der Waals surface area (Å²) in [5, 5.41) is 9.36. The molecule has 0 spiro atoms. The molecule has 32 heavy (non-hydrogen) atoms. The summed E-state index contributed by atoms with van der Waals surface area (Å²) in [6, 6.07) is 5.84. The number of fused-ring (bicyclic) bond motifs is 2. The van der Waals surface area contributed by atoms with Crippen molar-refractivity contribution in [3.8, 4) is 5.75 Å². The summed E-state index contributed by atoms with van der Waals surface area (Å²) < 4.78 is 44.7. The van der Waals surface area contributed by atoms with Crippen LogP contribution in [0.4, 0.5) is 23.7 Å². The summed E-state index contributed by atoms with van der Waals surface area (Å²) in [6.07, 6.45) is -2.85. The number of ether oxygens (including phenoxy) is 1. The van der Waals surface area contributed by atoms with Gasteiger partial charge in [-0.15, -0.1) is 5.10 Å². The summed E-state index contributed by atoms with van der Waals surface area (Å²) in [4.78, 5) is 29.8. The molecule has 1 aliphatic rings. The summed E-state index contributed by atoms with van der Waals surface area (Å²) in [5.41, 5.74) is 0.210. The van der Waals surface area contributed by atoms with Gasteiger partial charge in [-0.2, -0.15) is 13.2 Å². The monoisotopic (exact) mass is 468 g/mol. The van der Waals surface area contributed by atoms with E-state index in [1.165, 1.54) is 19.2 Å². The number of carbonyl (C=O) groups excluding carboxylic acids is 2. The van der Waals surface area contributed by atoms with Gasteiger partial charge in [-0.25, -0.2) is 9.59 Å². The number of rotatable bonds is 3. The van der Waals surface area contributed by atoms with Crippen LogP contribution in [0.15, 0.2) is 36.5 Å². The van der Waals surface area contributed by atoms with E-state index in [0.29, 0.717) is 28.6 Å². The molecule has 4 rings (SSSR count). The number of hydrogen-bond acceptors (Lipinski definition) is 5. The van der Waals surface area contributed by atoms with Gasteiger partial charge in [0.1, 0.15) is 11.3 Å². The van der Waals surface area contributed by atoms with Crippen molar-refractivity contribution in [2.24, 2.45) is 0 Å². The van der Waals surface area contributed by atoms with Crippen molar-refractivity contribution in [2.75, 3.05) is 11.9 Å². The third-order valence-electron chi connectivity index (χ3n) is 4.81. The highest BCUT2D eigenvalue weighted by molar-refractivity contribution is 6.33. The molecule has 2 amide bonds. The molecule has 0 saturated carbocycles. The predicted octanol–water partition coefficient (Wildman–Crippen LogP) is 4.33. The van der Waals surface area contributed by atoms with Crippen molar-refractivity contribution in [1.29, 1.82) is 0 Å². The third-order valence-corrected chi connectivity index (χ3v) is 5.19. The van der Waals surface area contributed by atoms with Crippen molar-refractivity contribution < 1.29 is 32.3 Å². The van der Waals surface area contributed by atoms with Gasteiger partial charge >= 0.3 is 18.2 Å². The molecule has 0 bridgehead atoms. The minimum absolute atomic E-state index is 0.0870. The maximum Gasteiger partial charge on any atom is 0.417 e. The van der Waals surface area contributed by atoms with E-state index in [1.54, 1.807) is 18.2 Å². The van der Waals surface area contributed by atoms with E-state index in [4.69, 9.17) is 21.2 Å². The molecule has 8 nitrogen and oxygen atoms in total. The van der Waals surface area contributed by atoms with Gasteiger partial charge in [0.05, 0.1) is 35.1 Å². The summed E-state index contributed by atoms with van der Waals surface area (Å²) in [6.45, 7) is 1.32. The Balaban J connectivity index is 1.55. The summed E-state index contributed by atoms with van der Waals surface area (Å²) in [5.74, 6) is -0.653. The Kier molecular flexibility index (Phi) is 5.59. The largest absolute Gasteiger partial charge is 0.492 e. The molecule has 1 unspecified atom stereocenters. The Morgan fingerprint density at radius 1 is 1.28 bits per heavy atom. The molecule has 1 aliphatic heterocycles. The highest BCUT2D eigenvalue weighted by atomic mass is 35.5. The van der Waals surface area contributed by atoms with E-state index >= 15 is 0 Å². The van der Waals surface area contributed by atoms with Gasteiger partial charge in [0, 0.05) is 24.3 Å². The molecule has 1 aromatic heterocycles. The highest BCUT2D eigenvalue weighted by Crippen LogP contribution is 2.44. The van der Waals surface area contributed by atoms with Crippen LogP contribution in [0, 0.1) is 0 Å². The lowest BCUT2D eigenvalue weighted by Crippen LogP contribution is -2.35. The fourth-order valence-corrected chi connectivity index (χ4v) is 3.78. The van der Waals surface area contributed by atoms with E-state index in [2.05, 4.69) is 15.7 Å². The van der Waals surface area contributed by atoms with E-state index in [0.717, 1.165) is 10.9 Å². The van der Waals surface area contributed by atoms with Gasteiger partial charge in [-0.3, -0.25) is 0 Å². The quantitative estimate of drug-likeness (QED) is 0.596. The Labute approximate surface area is 184 Å².